The Balaban J connectivity index is 1.79. The average Bonchev–Trinajstić information content (AvgIpc) is 2.60. The summed E-state index contributed by atoms with van der Waals surface area (Å²) in [6.45, 7) is 3.53. The molecule has 1 aromatic carbocycles. The van der Waals surface area contributed by atoms with Crippen molar-refractivity contribution < 1.29 is 28.9 Å². The number of para-hydroxylation sites is 2. The molecule has 24 heavy (non-hydrogen) atoms. The van der Waals surface area contributed by atoms with Gasteiger partial charge in [0.25, 0.3) is 0 Å². The van der Waals surface area contributed by atoms with Gasteiger partial charge in [0.05, 0.1) is 26.4 Å². The largest absolute Gasteiger partial charge is 0.490 e. The van der Waals surface area contributed by atoms with Crippen LogP contribution < -0.4 is 9.47 Å². The van der Waals surface area contributed by atoms with Crippen LogP contribution in [0.5, 0.6) is 11.5 Å². The van der Waals surface area contributed by atoms with Crippen molar-refractivity contribution in [1.29, 1.82) is 0 Å². The van der Waals surface area contributed by atoms with Gasteiger partial charge in [-0.1, -0.05) is 12.1 Å². The second-order valence-corrected chi connectivity index (χ2v) is 5.35. The highest BCUT2D eigenvalue weighted by molar-refractivity contribution is 5.84. The summed E-state index contributed by atoms with van der Waals surface area (Å²) in [4.78, 5) is 24.8. The number of benzene rings is 1. The molecule has 0 bridgehead atoms. The number of nitrogens with zero attached hydrogens (tertiary/aromatic N) is 1. The van der Waals surface area contributed by atoms with Gasteiger partial charge in [0, 0.05) is 13.0 Å². The minimum Gasteiger partial charge on any atom is -0.490 e. The van der Waals surface area contributed by atoms with Gasteiger partial charge >= 0.3 is 5.97 Å². The number of carbonyl (C=O) groups is 2. The van der Waals surface area contributed by atoms with Crippen molar-refractivity contribution in [3.05, 3.63) is 24.3 Å². The van der Waals surface area contributed by atoms with Crippen LogP contribution in [0.25, 0.3) is 0 Å². The number of rotatable bonds is 8. The molecule has 0 spiro atoms. The third-order valence-electron chi connectivity index (χ3n) is 3.68. The van der Waals surface area contributed by atoms with Gasteiger partial charge in [-0.25, -0.2) is 4.79 Å². The number of carboxylic acid groups (broad SMARTS) is 1. The van der Waals surface area contributed by atoms with Crippen molar-refractivity contribution in [2.75, 3.05) is 33.0 Å². The summed E-state index contributed by atoms with van der Waals surface area (Å²) in [5.74, 6) is 0.0874. The van der Waals surface area contributed by atoms with Gasteiger partial charge in [-0.2, -0.15) is 0 Å². The van der Waals surface area contributed by atoms with Crippen molar-refractivity contribution in [3.8, 4) is 11.5 Å². The molecule has 2 rings (SSSR count). The summed E-state index contributed by atoms with van der Waals surface area (Å²) in [5, 5.41) is 9.15. The first kappa shape index (κ1) is 18.1. The smallest absolute Gasteiger partial charge is 0.328 e. The van der Waals surface area contributed by atoms with E-state index in [1.807, 2.05) is 31.2 Å². The molecule has 0 aromatic heterocycles. The molecular formula is C17H23NO6. The molecule has 0 saturated carbocycles. The zero-order valence-corrected chi connectivity index (χ0v) is 13.8. The van der Waals surface area contributed by atoms with E-state index in [1.165, 1.54) is 4.90 Å². The molecule has 1 aliphatic rings. The Bertz CT molecular complexity index is 562. The molecule has 1 amide bonds. The third kappa shape index (κ3) is 4.86. The summed E-state index contributed by atoms with van der Waals surface area (Å²) in [6.07, 6.45) is 0.740. The van der Waals surface area contributed by atoms with Crippen molar-refractivity contribution in [3.63, 3.8) is 0 Å². The highest BCUT2D eigenvalue weighted by atomic mass is 16.5. The van der Waals surface area contributed by atoms with Crippen LogP contribution >= 0.6 is 0 Å². The molecule has 1 unspecified atom stereocenters. The molecule has 1 N–H and O–H groups in total. The molecule has 1 atom stereocenters. The molecule has 0 radical (unpaired) electrons. The molecule has 1 aliphatic heterocycles. The van der Waals surface area contributed by atoms with Crippen molar-refractivity contribution in [2.45, 2.75) is 25.8 Å². The lowest BCUT2D eigenvalue weighted by Gasteiger charge is -2.32. The predicted octanol–water partition coefficient (Wildman–Crippen LogP) is 1.56. The molecule has 7 heteroatoms. The summed E-state index contributed by atoms with van der Waals surface area (Å²) in [5.41, 5.74) is 0. The molecule has 1 aromatic rings. The van der Waals surface area contributed by atoms with Gasteiger partial charge in [0.15, 0.2) is 17.5 Å². The van der Waals surface area contributed by atoms with Crippen LogP contribution in [0.2, 0.25) is 0 Å². The van der Waals surface area contributed by atoms with E-state index < -0.39 is 12.0 Å². The number of carboxylic acids is 1. The first-order chi connectivity index (χ1) is 11.6. The van der Waals surface area contributed by atoms with Crippen LogP contribution in [-0.2, 0) is 14.3 Å². The number of hydrogen-bond acceptors (Lipinski definition) is 5. The SMILES string of the molecule is CCOc1ccccc1OCCCC(=O)N1CCOCC1C(=O)O. The van der Waals surface area contributed by atoms with Gasteiger partial charge in [-0.15, -0.1) is 0 Å². The lowest BCUT2D eigenvalue weighted by molar-refractivity contribution is -0.158. The molecular weight excluding hydrogens is 314 g/mol. The first-order valence-electron chi connectivity index (χ1n) is 8.08. The Hall–Kier alpha value is -2.28. The van der Waals surface area contributed by atoms with Crippen LogP contribution in [0.15, 0.2) is 24.3 Å². The van der Waals surface area contributed by atoms with Gasteiger partial charge in [0.1, 0.15) is 0 Å². The van der Waals surface area contributed by atoms with Crippen LogP contribution in [0.3, 0.4) is 0 Å². The molecule has 132 valence electrons. The standard InChI is InChI=1S/C17H23NO6/c1-2-23-14-6-3-4-7-15(14)24-10-5-8-16(19)18-9-11-22-12-13(18)17(20)21/h3-4,6-7,13H,2,5,8-12H2,1H3,(H,20,21). The number of amides is 1. The fraction of sp³-hybridized carbons (Fsp3) is 0.529. The Morgan fingerprint density at radius 3 is 2.67 bits per heavy atom. The van der Waals surface area contributed by atoms with Gasteiger partial charge in [-0.3, -0.25) is 4.79 Å². The van der Waals surface area contributed by atoms with E-state index in [0.29, 0.717) is 44.3 Å². The minimum atomic E-state index is -1.04. The third-order valence-corrected chi connectivity index (χ3v) is 3.68. The van der Waals surface area contributed by atoms with E-state index in [1.54, 1.807) is 0 Å². The average molecular weight is 337 g/mol. The maximum absolute atomic E-state index is 12.2. The Labute approximate surface area is 141 Å². The van der Waals surface area contributed by atoms with Crippen molar-refractivity contribution in [1.82, 2.24) is 4.90 Å². The minimum absolute atomic E-state index is 0.0410. The van der Waals surface area contributed by atoms with Crippen LogP contribution in [0, 0.1) is 0 Å². The van der Waals surface area contributed by atoms with E-state index >= 15 is 0 Å². The Morgan fingerprint density at radius 2 is 2.00 bits per heavy atom. The second-order valence-electron chi connectivity index (χ2n) is 5.35. The summed E-state index contributed by atoms with van der Waals surface area (Å²) in [7, 11) is 0. The van der Waals surface area contributed by atoms with E-state index in [2.05, 4.69) is 0 Å². The Kier molecular flexibility index (Phi) is 6.87. The summed E-state index contributed by atoms with van der Waals surface area (Å²) < 4.78 is 16.3. The maximum Gasteiger partial charge on any atom is 0.328 e. The van der Waals surface area contributed by atoms with Gasteiger partial charge < -0.3 is 24.2 Å². The zero-order chi connectivity index (χ0) is 17.4. The monoisotopic (exact) mass is 337 g/mol. The van der Waals surface area contributed by atoms with E-state index in [4.69, 9.17) is 19.3 Å². The van der Waals surface area contributed by atoms with Crippen LogP contribution in [0.1, 0.15) is 19.8 Å². The molecule has 0 aliphatic carbocycles. The van der Waals surface area contributed by atoms with Crippen LogP contribution in [0.4, 0.5) is 0 Å². The van der Waals surface area contributed by atoms with Crippen molar-refractivity contribution >= 4 is 11.9 Å². The van der Waals surface area contributed by atoms with Crippen LogP contribution in [-0.4, -0.2) is 60.9 Å². The summed E-state index contributed by atoms with van der Waals surface area (Å²) in [6, 6.07) is 6.47. The normalized spacial score (nSPS) is 17.4. The van der Waals surface area contributed by atoms with E-state index in [0.717, 1.165) is 0 Å². The molecule has 7 nitrogen and oxygen atoms in total. The number of aliphatic carboxylic acids is 1. The number of carbonyl (C=O) groups excluding carboxylic acids is 1. The predicted molar refractivity (Wildman–Crippen MR) is 86.3 cm³/mol. The number of morpholine rings is 1. The van der Waals surface area contributed by atoms with E-state index in [9.17, 15) is 9.59 Å². The molecule has 1 heterocycles. The first-order valence-corrected chi connectivity index (χ1v) is 8.08. The quantitative estimate of drug-likeness (QED) is 0.725. The topological polar surface area (TPSA) is 85.3 Å². The second kappa shape index (κ2) is 9.12. The summed E-state index contributed by atoms with van der Waals surface area (Å²) >= 11 is 0. The lowest BCUT2D eigenvalue weighted by atomic mass is 10.2. The van der Waals surface area contributed by atoms with E-state index in [-0.39, 0.29) is 18.9 Å². The Morgan fingerprint density at radius 1 is 1.29 bits per heavy atom. The zero-order valence-electron chi connectivity index (χ0n) is 13.8. The molecule has 1 fully saturated rings. The number of hydrogen-bond donors (Lipinski definition) is 1. The van der Waals surface area contributed by atoms with Gasteiger partial charge in [-0.05, 0) is 25.5 Å². The van der Waals surface area contributed by atoms with Crippen molar-refractivity contribution in [2.24, 2.45) is 0 Å². The van der Waals surface area contributed by atoms with Gasteiger partial charge in [0.2, 0.25) is 5.91 Å². The molecule has 1 saturated heterocycles. The lowest BCUT2D eigenvalue weighted by Crippen LogP contribution is -2.52. The highest BCUT2D eigenvalue weighted by Gasteiger charge is 2.32. The fourth-order valence-electron chi connectivity index (χ4n) is 2.50. The number of ether oxygens (including phenoxy) is 3. The highest BCUT2D eigenvalue weighted by Crippen LogP contribution is 2.26. The fourth-order valence-corrected chi connectivity index (χ4v) is 2.50. The maximum atomic E-state index is 12.2.